The van der Waals surface area contributed by atoms with Gasteiger partial charge < -0.3 is 20.4 Å². The molecule has 1 aromatic carbocycles. The summed E-state index contributed by atoms with van der Waals surface area (Å²) in [6.45, 7) is 8.48. The van der Waals surface area contributed by atoms with Crippen molar-refractivity contribution in [2.75, 3.05) is 18.1 Å². The first kappa shape index (κ1) is 26.4. The highest BCUT2D eigenvalue weighted by Crippen LogP contribution is 2.37. The third-order valence-corrected chi connectivity index (χ3v) is 6.68. The SMILES string of the molecule is CCCC[C@H](O)[C@@H](CC1CC1)C(=O)NC1N=C(C(C)(C)C)c2ccccc2N(CCCO)C1=O. The van der Waals surface area contributed by atoms with Crippen LogP contribution >= 0.6 is 0 Å². The molecule has 1 heterocycles. The molecule has 1 aromatic rings. The Morgan fingerprint density at radius 1 is 1.24 bits per heavy atom. The molecule has 7 heteroatoms. The molecular formula is C27H41N3O4. The summed E-state index contributed by atoms with van der Waals surface area (Å²) in [6, 6.07) is 7.64. The number of hydrogen-bond donors (Lipinski definition) is 3. The van der Waals surface area contributed by atoms with Gasteiger partial charge in [0.25, 0.3) is 5.91 Å². The molecule has 0 aromatic heterocycles. The number of para-hydroxylation sites is 1. The molecule has 7 nitrogen and oxygen atoms in total. The Labute approximate surface area is 203 Å². The molecule has 1 fully saturated rings. The molecular weight excluding hydrogens is 430 g/mol. The second kappa shape index (κ2) is 11.5. The van der Waals surface area contributed by atoms with Crippen molar-refractivity contribution in [2.24, 2.45) is 22.2 Å². The molecule has 0 bridgehead atoms. The number of rotatable bonds is 11. The van der Waals surface area contributed by atoms with Crippen LogP contribution in [-0.4, -0.2) is 53.2 Å². The van der Waals surface area contributed by atoms with E-state index in [1.807, 2.05) is 45.0 Å². The van der Waals surface area contributed by atoms with Gasteiger partial charge in [0, 0.05) is 24.1 Å². The predicted octanol–water partition coefficient (Wildman–Crippen LogP) is 3.66. The van der Waals surface area contributed by atoms with Crippen molar-refractivity contribution in [1.29, 1.82) is 0 Å². The summed E-state index contributed by atoms with van der Waals surface area (Å²) in [5, 5.41) is 23.1. The average molecular weight is 472 g/mol. The van der Waals surface area contributed by atoms with Crippen molar-refractivity contribution in [2.45, 2.75) is 84.9 Å². The summed E-state index contributed by atoms with van der Waals surface area (Å²) in [4.78, 5) is 33.6. The van der Waals surface area contributed by atoms with Crippen LogP contribution in [0.5, 0.6) is 0 Å². The first-order chi connectivity index (χ1) is 16.2. The maximum Gasteiger partial charge on any atom is 0.272 e. The van der Waals surface area contributed by atoms with Crippen molar-refractivity contribution >= 4 is 23.2 Å². The van der Waals surface area contributed by atoms with E-state index in [1.165, 1.54) is 0 Å². The summed E-state index contributed by atoms with van der Waals surface area (Å²) in [5.74, 6) is -0.701. The quantitative estimate of drug-likeness (QED) is 0.458. The van der Waals surface area contributed by atoms with Gasteiger partial charge in [-0.3, -0.25) is 14.6 Å². The van der Waals surface area contributed by atoms with Gasteiger partial charge in [-0.2, -0.15) is 0 Å². The van der Waals surface area contributed by atoms with Gasteiger partial charge in [-0.05, 0) is 31.2 Å². The molecule has 1 aliphatic carbocycles. The van der Waals surface area contributed by atoms with Gasteiger partial charge in [0.1, 0.15) is 0 Å². The van der Waals surface area contributed by atoms with Crippen LogP contribution in [-0.2, 0) is 9.59 Å². The highest BCUT2D eigenvalue weighted by molar-refractivity contribution is 6.15. The minimum atomic E-state index is -1.08. The van der Waals surface area contributed by atoms with Crippen LogP contribution in [0.2, 0.25) is 0 Å². The lowest BCUT2D eigenvalue weighted by Crippen LogP contribution is -2.50. The Morgan fingerprint density at radius 2 is 1.94 bits per heavy atom. The molecule has 0 spiro atoms. The van der Waals surface area contributed by atoms with Gasteiger partial charge in [0.05, 0.1) is 23.4 Å². The third-order valence-electron chi connectivity index (χ3n) is 6.68. The molecule has 3 N–H and O–H groups in total. The summed E-state index contributed by atoms with van der Waals surface area (Å²) < 4.78 is 0. The fourth-order valence-corrected chi connectivity index (χ4v) is 4.59. The van der Waals surface area contributed by atoms with E-state index in [1.54, 1.807) is 4.90 Å². The summed E-state index contributed by atoms with van der Waals surface area (Å²) in [7, 11) is 0. The Kier molecular flexibility index (Phi) is 8.88. The van der Waals surface area contributed by atoms with Crippen molar-refractivity contribution < 1.29 is 19.8 Å². The fourth-order valence-electron chi connectivity index (χ4n) is 4.59. The second-order valence-electron chi connectivity index (χ2n) is 10.7. The first-order valence-corrected chi connectivity index (χ1v) is 12.8. The Hall–Kier alpha value is -2.25. The van der Waals surface area contributed by atoms with Crippen molar-refractivity contribution in [1.82, 2.24) is 5.32 Å². The number of hydrogen-bond acceptors (Lipinski definition) is 5. The number of carbonyl (C=O) groups is 2. The monoisotopic (exact) mass is 471 g/mol. The number of benzodiazepines with no additional fused rings is 1. The van der Waals surface area contributed by atoms with Crippen LogP contribution in [0.1, 0.15) is 78.2 Å². The van der Waals surface area contributed by atoms with Gasteiger partial charge in [-0.25, -0.2) is 0 Å². The maximum atomic E-state index is 13.7. The van der Waals surface area contributed by atoms with Gasteiger partial charge in [0.15, 0.2) is 0 Å². The van der Waals surface area contributed by atoms with Crippen LogP contribution in [0.25, 0.3) is 0 Å². The minimum Gasteiger partial charge on any atom is -0.396 e. The van der Waals surface area contributed by atoms with Crippen LogP contribution in [0.3, 0.4) is 0 Å². The van der Waals surface area contributed by atoms with E-state index in [4.69, 9.17) is 4.99 Å². The van der Waals surface area contributed by atoms with Gasteiger partial charge in [-0.15, -0.1) is 0 Å². The zero-order valence-electron chi connectivity index (χ0n) is 21.1. The molecule has 0 saturated heterocycles. The number of carbonyl (C=O) groups excluding carboxylic acids is 2. The lowest BCUT2D eigenvalue weighted by atomic mass is 9.84. The van der Waals surface area contributed by atoms with Crippen LogP contribution < -0.4 is 10.2 Å². The maximum absolute atomic E-state index is 13.7. The van der Waals surface area contributed by atoms with Gasteiger partial charge in [-0.1, -0.05) is 71.6 Å². The minimum absolute atomic E-state index is 0.0386. The van der Waals surface area contributed by atoms with E-state index < -0.39 is 18.2 Å². The van der Waals surface area contributed by atoms with Crippen molar-refractivity contribution in [3.8, 4) is 0 Å². The number of nitrogens with one attached hydrogen (secondary N) is 1. The molecule has 1 unspecified atom stereocenters. The van der Waals surface area contributed by atoms with E-state index in [0.717, 1.165) is 42.6 Å². The van der Waals surface area contributed by atoms with Crippen LogP contribution in [0, 0.1) is 17.3 Å². The molecule has 0 radical (unpaired) electrons. The van der Waals surface area contributed by atoms with Crippen molar-refractivity contribution in [3.05, 3.63) is 29.8 Å². The predicted molar refractivity (Wildman–Crippen MR) is 135 cm³/mol. The molecule has 3 atom stereocenters. The number of amides is 2. The van der Waals surface area contributed by atoms with Crippen molar-refractivity contribution in [3.63, 3.8) is 0 Å². The third kappa shape index (κ3) is 6.45. The van der Waals surface area contributed by atoms with E-state index >= 15 is 0 Å². The number of aliphatic hydroxyl groups is 2. The molecule has 2 aliphatic rings. The number of aliphatic hydroxyl groups excluding tert-OH is 2. The number of unbranched alkanes of at least 4 members (excludes halogenated alkanes) is 1. The summed E-state index contributed by atoms with van der Waals surface area (Å²) in [6.07, 6.45) is 3.81. The highest BCUT2D eigenvalue weighted by Gasteiger charge is 2.39. The van der Waals surface area contributed by atoms with Crippen LogP contribution in [0.4, 0.5) is 5.69 Å². The van der Waals surface area contributed by atoms with E-state index in [9.17, 15) is 19.8 Å². The largest absolute Gasteiger partial charge is 0.396 e. The molecule has 1 aliphatic heterocycles. The summed E-state index contributed by atoms with van der Waals surface area (Å²) >= 11 is 0. The summed E-state index contributed by atoms with van der Waals surface area (Å²) in [5.41, 5.74) is 1.98. The van der Waals surface area contributed by atoms with Gasteiger partial charge >= 0.3 is 0 Å². The Bertz CT molecular complexity index is 888. The molecule has 3 rings (SSSR count). The zero-order valence-corrected chi connectivity index (χ0v) is 21.1. The number of benzene rings is 1. The topological polar surface area (TPSA) is 102 Å². The molecule has 188 valence electrons. The standard InChI is InChI=1S/C27H41N3O4/c1-5-6-12-22(32)20(17-18-13-14-18)25(33)29-24-26(34)30(15-9-16-31)21-11-8-7-10-19(21)23(28-24)27(2,3)4/h7-8,10-11,18,20,22,24,31-32H,5-6,9,12-17H2,1-4H3,(H,29,33)/t20-,22+,24?/m1/s1. The normalized spacial score (nSPS) is 20.3. The Morgan fingerprint density at radius 3 is 2.56 bits per heavy atom. The fraction of sp³-hybridized carbons (Fsp3) is 0.667. The average Bonchev–Trinajstić information content (AvgIpc) is 3.62. The lowest BCUT2D eigenvalue weighted by molar-refractivity contribution is -0.133. The zero-order chi connectivity index (χ0) is 24.9. The highest BCUT2D eigenvalue weighted by atomic mass is 16.3. The van der Waals surface area contributed by atoms with Gasteiger partial charge in [0.2, 0.25) is 12.1 Å². The number of nitrogens with zero attached hydrogens (tertiary/aromatic N) is 2. The second-order valence-corrected chi connectivity index (χ2v) is 10.7. The van der Waals surface area contributed by atoms with E-state index in [-0.39, 0.29) is 23.8 Å². The van der Waals surface area contributed by atoms with E-state index in [2.05, 4.69) is 12.2 Å². The van der Waals surface area contributed by atoms with Crippen LogP contribution in [0.15, 0.2) is 29.3 Å². The molecule has 2 amide bonds. The number of fused-ring (bicyclic) bond motifs is 1. The number of anilines is 1. The lowest BCUT2D eigenvalue weighted by Gasteiger charge is -2.27. The Balaban J connectivity index is 1.94. The smallest absolute Gasteiger partial charge is 0.272 e. The first-order valence-electron chi connectivity index (χ1n) is 12.8. The number of aliphatic imine (C=N–C) groups is 1. The molecule has 1 saturated carbocycles. The molecule has 34 heavy (non-hydrogen) atoms. The van der Waals surface area contributed by atoms with E-state index in [0.29, 0.717) is 31.7 Å².